The third-order valence-electron chi connectivity index (χ3n) is 5.37. The molecule has 0 aliphatic carbocycles. The molecule has 1 saturated heterocycles. The zero-order chi connectivity index (χ0) is 22.2. The number of benzene rings is 2. The summed E-state index contributed by atoms with van der Waals surface area (Å²) in [5.41, 5.74) is 1.95. The Kier molecular flexibility index (Phi) is 5.62. The standard InChI is InChI=1S/C24H28N2O5/c1-24(2,3)31-23(28)25-11-12-30-17(14-25)15-26-20-8-6-5-7-18(20)19-10-9-16(13-21(19)26)22(27)29-4/h5-10,13,17H,11-12,14-15H2,1-4H3. The van der Waals surface area contributed by atoms with Gasteiger partial charge in [0.2, 0.25) is 0 Å². The van der Waals surface area contributed by atoms with Gasteiger partial charge >= 0.3 is 12.1 Å². The van der Waals surface area contributed by atoms with Gasteiger partial charge in [-0.1, -0.05) is 24.3 Å². The summed E-state index contributed by atoms with van der Waals surface area (Å²) < 4.78 is 18.6. The molecule has 1 unspecified atom stereocenters. The first kappa shape index (κ1) is 21.2. The molecular formula is C24H28N2O5. The summed E-state index contributed by atoms with van der Waals surface area (Å²) in [5.74, 6) is -0.372. The van der Waals surface area contributed by atoms with Crippen LogP contribution in [0.4, 0.5) is 4.79 Å². The zero-order valence-corrected chi connectivity index (χ0v) is 18.4. The van der Waals surface area contributed by atoms with Gasteiger partial charge in [0.25, 0.3) is 0 Å². The number of ether oxygens (including phenoxy) is 3. The Balaban J connectivity index is 1.66. The van der Waals surface area contributed by atoms with E-state index in [-0.39, 0.29) is 18.2 Å². The van der Waals surface area contributed by atoms with Crippen molar-refractivity contribution in [1.82, 2.24) is 9.47 Å². The van der Waals surface area contributed by atoms with Crippen LogP contribution in [0.3, 0.4) is 0 Å². The normalized spacial score (nSPS) is 17.2. The quantitative estimate of drug-likeness (QED) is 0.589. The van der Waals surface area contributed by atoms with E-state index in [0.29, 0.717) is 31.8 Å². The van der Waals surface area contributed by atoms with E-state index in [1.807, 2.05) is 45.0 Å². The van der Waals surface area contributed by atoms with Gasteiger partial charge in [0.1, 0.15) is 5.60 Å². The molecule has 7 nitrogen and oxygen atoms in total. The van der Waals surface area contributed by atoms with Crippen molar-refractivity contribution < 1.29 is 23.8 Å². The molecule has 2 aromatic carbocycles. The number of rotatable bonds is 3. The van der Waals surface area contributed by atoms with Crippen LogP contribution >= 0.6 is 0 Å². The molecule has 164 valence electrons. The number of fused-ring (bicyclic) bond motifs is 3. The van der Waals surface area contributed by atoms with Gasteiger partial charge in [-0.3, -0.25) is 0 Å². The molecule has 2 heterocycles. The van der Waals surface area contributed by atoms with Crippen LogP contribution in [-0.2, 0) is 20.8 Å². The minimum Gasteiger partial charge on any atom is -0.465 e. The number of methoxy groups -OCH3 is 1. The fourth-order valence-electron chi connectivity index (χ4n) is 4.02. The molecule has 0 N–H and O–H groups in total. The van der Waals surface area contributed by atoms with Crippen molar-refractivity contribution in [2.24, 2.45) is 0 Å². The average Bonchev–Trinajstić information content (AvgIpc) is 3.05. The summed E-state index contributed by atoms with van der Waals surface area (Å²) >= 11 is 0. The van der Waals surface area contributed by atoms with Crippen LogP contribution in [0.15, 0.2) is 42.5 Å². The van der Waals surface area contributed by atoms with E-state index in [9.17, 15) is 9.59 Å². The third kappa shape index (κ3) is 4.37. The number of aromatic nitrogens is 1. The summed E-state index contributed by atoms with van der Waals surface area (Å²) in [6, 6.07) is 13.7. The van der Waals surface area contributed by atoms with E-state index >= 15 is 0 Å². The first-order chi connectivity index (χ1) is 14.8. The summed E-state index contributed by atoms with van der Waals surface area (Å²) in [6.07, 6.45) is -0.516. The van der Waals surface area contributed by atoms with Gasteiger partial charge in [-0.15, -0.1) is 0 Å². The minimum absolute atomic E-state index is 0.193. The minimum atomic E-state index is -0.540. The maximum Gasteiger partial charge on any atom is 0.410 e. The number of carbonyl (C=O) groups excluding carboxylic acids is 2. The second-order valence-electron chi connectivity index (χ2n) is 8.77. The van der Waals surface area contributed by atoms with E-state index in [1.165, 1.54) is 7.11 Å². The van der Waals surface area contributed by atoms with Gasteiger partial charge < -0.3 is 23.7 Å². The highest BCUT2D eigenvalue weighted by atomic mass is 16.6. The van der Waals surface area contributed by atoms with Gasteiger partial charge in [-0.2, -0.15) is 0 Å². The molecule has 3 aromatic rings. The van der Waals surface area contributed by atoms with Gasteiger partial charge in [-0.05, 0) is 39.0 Å². The maximum atomic E-state index is 12.5. The number of nitrogens with zero attached hydrogens (tertiary/aromatic N) is 2. The highest BCUT2D eigenvalue weighted by Crippen LogP contribution is 2.30. The van der Waals surface area contributed by atoms with Crippen molar-refractivity contribution in [3.63, 3.8) is 0 Å². The molecule has 1 aliphatic rings. The number of hydrogen-bond donors (Lipinski definition) is 0. The van der Waals surface area contributed by atoms with Crippen LogP contribution in [-0.4, -0.2) is 60.0 Å². The first-order valence-corrected chi connectivity index (χ1v) is 10.5. The van der Waals surface area contributed by atoms with Crippen LogP contribution in [0.2, 0.25) is 0 Å². The molecule has 0 radical (unpaired) electrons. The highest BCUT2D eigenvalue weighted by Gasteiger charge is 2.29. The third-order valence-corrected chi connectivity index (χ3v) is 5.37. The molecule has 1 amide bonds. The lowest BCUT2D eigenvalue weighted by atomic mass is 10.1. The predicted octanol–water partition coefficient (Wildman–Crippen LogP) is 4.22. The second kappa shape index (κ2) is 8.23. The summed E-state index contributed by atoms with van der Waals surface area (Å²) in [7, 11) is 1.38. The SMILES string of the molecule is COC(=O)c1ccc2c3ccccc3n(CC3CN(C(=O)OC(C)(C)C)CCO3)c2c1. The van der Waals surface area contributed by atoms with Gasteiger partial charge in [0.15, 0.2) is 0 Å². The van der Waals surface area contributed by atoms with Gasteiger partial charge in [0, 0.05) is 22.8 Å². The van der Waals surface area contributed by atoms with E-state index in [0.717, 1.165) is 21.8 Å². The number of morpholine rings is 1. The largest absolute Gasteiger partial charge is 0.465 e. The Hall–Kier alpha value is -3.06. The number of amides is 1. The Labute approximate surface area is 181 Å². The van der Waals surface area contributed by atoms with E-state index in [2.05, 4.69) is 16.7 Å². The average molecular weight is 424 g/mol. The number of hydrogen-bond acceptors (Lipinski definition) is 5. The number of para-hydroxylation sites is 1. The Morgan fingerprint density at radius 1 is 1.10 bits per heavy atom. The molecule has 1 aliphatic heterocycles. The molecular weight excluding hydrogens is 396 g/mol. The Morgan fingerprint density at radius 3 is 2.58 bits per heavy atom. The fraction of sp³-hybridized carbons (Fsp3) is 0.417. The van der Waals surface area contributed by atoms with Crippen LogP contribution in [0.1, 0.15) is 31.1 Å². The van der Waals surface area contributed by atoms with Crippen molar-refractivity contribution in [2.75, 3.05) is 26.8 Å². The van der Waals surface area contributed by atoms with Gasteiger partial charge in [-0.25, -0.2) is 9.59 Å². The molecule has 0 bridgehead atoms. The molecule has 31 heavy (non-hydrogen) atoms. The van der Waals surface area contributed by atoms with Crippen molar-refractivity contribution >= 4 is 33.9 Å². The topological polar surface area (TPSA) is 70.0 Å². The van der Waals surface area contributed by atoms with Crippen LogP contribution in [0.5, 0.6) is 0 Å². The molecule has 0 spiro atoms. The number of carbonyl (C=O) groups is 2. The molecule has 7 heteroatoms. The monoisotopic (exact) mass is 424 g/mol. The van der Waals surface area contributed by atoms with Crippen LogP contribution in [0, 0.1) is 0 Å². The lowest BCUT2D eigenvalue weighted by molar-refractivity contribution is -0.0465. The van der Waals surface area contributed by atoms with Crippen molar-refractivity contribution in [2.45, 2.75) is 39.0 Å². The fourth-order valence-corrected chi connectivity index (χ4v) is 4.02. The molecule has 1 aromatic heterocycles. The smallest absolute Gasteiger partial charge is 0.410 e. The predicted molar refractivity (Wildman–Crippen MR) is 118 cm³/mol. The molecule has 1 atom stereocenters. The summed E-state index contributed by atoms with van der Waals surface area (Å²) in [5, 5.41) is 2.16. The molecule has 0 saturated carbocycles. The number of esters is 1. The van der Waals surface area contributed by atoms with E-state index in [4.69, 9.17) is 14.2 Å². The van der Waals surface area contributed by atoms with E-state index in [1.54, 1.807) is 11.0 Å². The Morgan fingerprint density at radius 2 is 1.84 bits per heavy atom. The Bertz CT molecular complexity index is 1130. The van der Waals surface area contributed by atoms with Crippen molar-refractivity contribution in [1.29, 1.82) is 0 Å². The second-order valence-corrected chi connectivity index (χ2v) is 8.77. The summed E-state index contributed by atoms with van der Waals surface area (Å²) in [4.78, 5) is 26.3. The van der Waals surface area contributed by atoms with Crippen LogP contribution < -0.4 is 0 Å². The van der Waals surface area contributed by atoms with Crippen molar-refractivity contribution in [3.8, 4) is 0 Å². The highest BCUT2D eigenvalue weighted by molar-refractivity contribution is 6.09. The summed E-state index contributed by atoms with van der Waals surface area (Å²) in [6.45, 7) is 7.53. The lowest BCUT2D eigenvalue weighted by Crippen LogP contribution is -2.48. The van der Waals surface area contributed by atoms with Gasteiger partial charge in [0.05, 0.1) is 44.0 Å². The maximum absolute atomic E-state index is 12.5. The zero-order valence-electron chi connectivity index (χ0n) is 18.4. The molecule has 1 fully saturated rings. The van der Waals surface area contributed by atoms with Crippen LogP contribution in [0.25, 0.3) is 21.8 Å². The first-order valence-electron chi connectivity index (χ1n) is 10.5. The van der Waals surface area contributed by atoms with Crippen molar-refractivity contribution in [3.05, 3.63) is 48.0 Å². The molecule has 4 rings (SSSR count). The lowest BCUT2D eigenvalue weighted by Gasteiger charge is -2.34. The van der Waals surface area contributed by atoms with E-state index < -0.39 is 5.60 Å².